The minimum absolute atomic E-state index is 0.0880. The highest BCUT2D eigenvalue weighted by molar-refractivity contribution is 5.68. The van der Waals surface area contributed by atoms with E-state index in [9.17, 15) is 5.11 Å². The number of hydrogen-bond acceptors (Lipinski definition) is 2. The first-order valence-corrected chi connectivity index (χ1v) is 8.09. The lowest BCUT2D eigenvalue weighted by molar-refractivity contribution is 0.159. The average Bonchev–Trinajstić information content (AvgIpc) is 3.21. The highest BCUT2D eigenvalue weighted by Gasteiger charge is 2.47. The number of aryl methyl sites for hydroxylation is 2. The van der Waals surface area contributed by atoms with Crippen molar-refractivity contribution < 1.29 is 10.2 Å². The van der Waals surface area contributed by atoms with Gasteiger partial charge >= 0.3 is 0 Å². The first-order valence-electron chi connectivity index (χ1n) is 8.09. The van der Waals surface area contributed by atoms with Crippen LogP contribution < -0.4 is 0 Å². The van der Waals surface area contributed by atoms with Gasteiger partial charge in [-0.3, -0.25) is 0 Å². The normalized spacial score (nSPS) is 25.1. The zero-order chi connectivity index (χ0) is 15.7. The first-order chi connectivity index (χ1) is 10.5. The number of aromatic hydroxyl groups is 1. The first kappa shape index (κ1) is 15.1. The van der Waals surface area contributed by atoms with Crippen molar-refractivity contribution in [3.8, 4) is 16.9 Å². The number of phenolic OH excluding ortho intramolecular Hbond substituents is 1. The Morgan fingerprint density at radius 2 is 1.68 bits per heavy atom. The second-order valence-corrected chi connectivity index (χ2v) is 6.67. The molecule has 0 heterocycles. The van der Waals surface area contributed by atoms with Crippen molar-refractivity contribution in [1.82, 2.24) is 0 Å². The SMILES string of the molecule is Cc1ccc(-c2cc(O)ccc2C)cc1.OC1CCC2CC12. The molecule has 0 saturated heterocycles. The van der Waals surface area contributed by atoms with E-state index in [1.807, 2.05) is 6.07 Å². The van der Waals surface area contributed by atoms with Crippen LogP contribution in [-0.2, 0) is 0 Å². The molecule has 2 aliphatic carbocycles. The topological polar surface area (TPSA) is 40.5 Å². The lowest BCUT2D eigenvalue weighted by atomic mass is 9.99. The van der Waals surface area contributed by atoms with Gasteiger partial charge in [0.05, 0.1) is 6.10 Å². The summed E-state index contributed by atoms with van der Waals surface area (Å²) in [6, 6.07) is 13.8. The molecule has 2 aromatic rings. The number of benzene rings is 2. The molecule has 2 fully saturated rings. The van der Waals surface area contributed by atoms with Crippen LogP contribution in [0.25, 0.3) is 11.1 Å². The molecule has 2 nitrogen and oxygen atoms in total. The van der Waals surface area contributed by atoms with Crippen LogP contribution >= 0.6 is 0 Å². The molecule has 0 aliphatic heterocycles. The van der Waals surface area contributed by atoms with Crippen molar-refractivity contribution in [3.05, 3.63) is 53.6 Å². The van der Waals surface area contributed by atoms with Crippen molar-refractivity contribution in [2.75, 3.05) is 0 Å². The van der Waals surface area contributed by atoms with Crippen molar-refractivity contribution in [3.63, 3.8) is 0 Å². The second-order valence-electron chi connectivity index (χ2n) is 6.67. The summed E-state index contributed by atoms with van der Waals surface area (Å²) in [7, 11) is 0. The third kappa shape index (κ3) is 3.33. The van der Waals surface area contributed by atoms with Crippen LogP contribution in [-0.4, -0.2) is 16.3 Å². The summed E-state index contributed by atoms with van der Waals surface area (Å²) < 4.78 is 0. The maximum atomic E-state index is 9.45. The van der Waals surface area contributed by atoms with E-state index in [4.69, 9.17) is 5.11 Å². The molecule has 116 valence electrons. The lowest BCUT2D eigenvalue weighted by Gasteiger charge is -2.06. The molecule has 3 unspecified atom stereocenters. The summed E-state index contributed by atoms with van der Waals surface area (Å²) in [6.45, 7) is 4.12. The number of fused-ring (bicyclic) bond motifs is 1. The van der Waals surface area contributed by atoms with Crippen LogP contribution in [0.15, 0.2) is 42.5 Å². The van der Waals surface area contributed by atoms with Gasteiger partial charge < -0.3 is 10.2 Å². The summed E-state index contributed by atoms with van der Waals surface area (Å²) in [5, 5.41) is 18.5. The fourth-order valence-electron chi connectivity index (χ4n) is 3.33. The number of aliphatic hydroxyl groups is 1. The molecule has 2 N–H and O–H groups in total. The zero-order valence-corrected chi connectivity index (χ0v) is 13.3. The van der Waals surface area contributed by atoms with Crippen molar-refractivity contribution in [2.45, 2.75) is 39.2 Å². The van der Waals surface area contributed by atoms with Crippen LogP contribution in [0.2, 0.25) is 0 Å². The fraction of sp³-hybridized carbons (Fsp3) is 0.400. The lowest BCUT2D eigenvalue weighted by Crippen LogP contribution is -2.02. The molecule has 2 aliphatic rings. The van der Waals surface area contributed by atoms with E-state index in [0.29, 0.717) is 5.75 Å². The molecule has 2 heteroatoms. The van der Waals surface area contributed by atoms with E-state index in [0.717, 1.165) is 29.4 Å². The highest BCUT2D eigenvalue weighted by atomic mass is 16.3. The highest BCUT2D eigenvalue weighted by Crippen LogP contribution is 2.51. The zero-order valence-electron chi connectivity index (χ0n) is 13.3. The van der Waals surface area contributed by atoms with Gasteiger partial charge in [-0.05, 0) is 73.8 Å². The third-order valence-corrected chi connectivity index (χ3v) is 4.89. The molecule has 3 atom stereocenters. The van der Waals surface area contributed by atoms with Gasteiger partial charge in [-0.15, -0.1) is 0 Å². The van der Waals surface area contributed by atoms with Crippen LogP contribution in [0.5, 0.6) is 5.75 Å². The van der Waals surface area contributed by atoms with E-state index in [1.54, 1.807) is 12.1 Å². The molecule has 0 radical (unpaired) electrons. The Balaban J connectivity index is 0.000000169. The van der Waals surface area contributed by atoms with E-state index < -0.39 is 0 Å². The Morgan fingerprint density at radius 1 is 0.955 bits per heavy atom. The standard InChI is InChI=1S/C14H14O.C6H10O/c1-10-3-6-12(7-4-10)14-9-13(15)8-5-11(14)2;7-6-2-1-4-3-5(4)6/h3-9,15H,1-2H3;4-7H,1-3H2. The molecule has 4 rings (SSSR count). The Kier molecular flexibility index (Phi) is 4.21. The Labute approximate surface area is 132 Å². The third-order valence-electron chi connectivity index (χ3n) is 4.89. The number of rotatable bonds is 1. The summed E-state index contributed by atoms with van der Waals surface area (Å²) >= 11 is 0. The predicted molar refractivity (Wildman–Crippen MR) is 89.9 cm³/mol. The molecular formula is C20H24O2. The van der Waals surface area contributed by atoms with Gasteiger partial charge in [0.2, 0.25) is 0 Å². The van der Waals surface area contributed by atoms with Gasteiger partial charge in [0, 0.05) is 0 Å². The molecule has 2 aromatic carbocycles. The Morgan fingerprint density at radius 3 is 2.18 bits per heavy atom. The van der Waals surface area contributed by atoms with Gasteiger partial charge in [-0.2, -0.15) is 0 Å². The van der Waals surface area contributed by atoms with Crippen molar-refractivity contribution in [1.29, 1.82) is 0 Å². The summed E-state index contributed by atoms with van der Waals surface area (Å²) in [5.41, 5.74) is 4.66. The minimum atomic E-state index is 0.0880. The van der Waals surface area contributed by atoms with E-state index >= 15 is 0 Å². The number of phenols is 1. The largest absolute Gasteiger partial charge is 0.508 e. The van der Waals surface area contributed by atoms with Crippen LogP contribution in [0.4, 0.5) is 0 Å². The van der Waals surface area contributed by atoms with E-state index in [-0.39, 0.29) is 6.10 Å². The number of hydrogen-bond donors (Lipinski definition) is 2. The van der Waals surface area contributed by atoms with Crippen LogP contribution in [0, 0.1) is 25.7 Å². The van der Waals surface area contributed by atoms with E-state index in [2.05, 4.69) is 38.1 Å². The second kappa shape index (κ2) is 6.13. The quantitative estimate of drug-likeness (QED) is 0.816. The van der Waals surface area contributed by atoms with Crippen LogP contribution in [0.3, 0.4) is 0 Å². The summed E-state index contributed by atoms with van der Waals surface area (Å²) in [6.07, 6.45) is 3.78. The monoisotopic (exact) mass is 296 g/mol. The Hall–Kier alpha value is -1.80. The van der Waals surface area contributed by atoms with E-state index in [1.165, 1.54) is 24.0 Å². The molecule has 0 bridgehead atoms. The molecule has 22 heavy (non-hydrogen) atoms. The summed E-state index contributed by atoms with van der Waals surface area (Å²) in [5.74, 6) is 1.99. The van der Waals surface area contributed by atoms with Gasteiger partial charge in [0.15, 0.2) is 0 Å². The van der Waals surface area contributed by atoms with Crippen molar-refractivity contribution in [2.24, 2.45) is 11.8 Å². The van der Waals surface area contributed by atoms with Gasteiger partial charge in [-0.1, -0.05) is 35.9 Å². The fourth-order valence-corrected chi connectivity index (χ4v) is 3.33. The van der Waals surface area contributed by atoms with Gasteiger partial charge in [-0.25, -0.2) is 0 Å². The molecular weight excluding hydrogens is 272 g/mol. The van der Waals surface area contributed by atoms with Crippen molar-refractivity contribution >= 4 is 0 Å². The van der Waals surface area contributed by atoms with Crippen LogP contribution in [0.1, 0.15) is 30.4 Å². The average molecular weight is 296 g/mol. The number of aliphatic hydroxyl groups excluding tert-OH is 1. The smallest absolute Gasteiger partial charge is 0.116 e. The molecule has 2 saturated carbocycles. The van der Waals surface area contributed by atoms with Gasteiger partial charge in [0.1, 0.15) is 5.75 Å². The molecule has 0 amide bonds. The minimum Gasteiger partial charge on any atom is -0.508 e. The maximum Gasteiger partial charge on any atom is 0.116 e. The molecule has 0 aromatic heterocycles. The maximum absolute atomic E-state index is 9.45. The van der Waals surface area contributed by atoms with Gasteiger partial charge in [0.25, 0.3) is 0 Å². The summed E-state index contributed by atoms with van der Waals surface area (Å²) in [4.78, 5) is 0. The predicted octanol–water partition coefficient (Wildman–Crippen LogP) is 4.45. The Bertz CT molecular complexity index is 645. The molecule has 0 spiro atoms.